The highest BCUT2D eigenvalue weighted by Gasteiger charge is 2.77. The second-order valence-corrected chi connectivity index (χ2v) is 8.52. The molecule has 3 heterocycles. The molecular formula is C18H16BrN3O3. The van der Waals surface area contributed by atoms with Gasteiger partial charge in [-0.25, -0.2) is 4.98 Å². The molecule has 7 heteroatoms. The van der Waals surface area contributed by atoms with E-state index in [-0.39, 0.29) is 28.7 Å². The fraction of sp³-hybridized carbons (Fsp3) is 0.444. The number of aliphatic hydroxyl groups excluding tert-OH is 1. The Morgan fingerprint density at radius 3 is 3.08 bits per heavy atom. The highest BCUT2D eigenvalue weighted by molar-refractivity contribution is 9.10. The van der Waals surface area contributed by atoms with Crippen LogP contribution in [-0.4, -0.2) is 38.7 Å². The molecule has 1 aliphatic heterocycles. The second-order valence-electron chi connectivity index (χ2n) is 7.60. The van der Waals surface area contributed by atoms with Crippen LogP contribution in [-0.2, 0) is 6.54 Å². The molecule has 1 spiro atoms. The summed E-state index contributed by atoms with van der Waals surface area (Å²) in [5.41, 5.74) is 1.42. The zero-order valence-electron chi connectivity index (χ0n) is 13.3. The van der Waals surface area contributed by atoms with E-state index < -0.39 is 0 Å². The Bertz CT molecular complexity index is 1110. The number of aliphatic hydroxyl groups is 1. The quantitative estimate of drug-likeness (QED) is 0.688. The van der Waals surface area contributed by atoms with Gasteiger partial charge >= 0.3 is 0 Å². The number of rotatable bonds is 2. The average molecular weight is 402 g/mol. The van der Waals surface area contributed by atoms with Gasteiger partial charge in [-0.05, 0) is 37.0 Å². The molecule has 0 amide bonds. The van der Waals surface area contributed by atoms with Crippen molar-refractivity contribution >= 4 is 38.0 Å². The third-order valence-electron chi connectivity index (χ3n) is 6.51. The molecule has 3 aromatic rings. The molecule has 2 saturated carbocycles. The van der Waals surface area contributed by atoms with Crippen LogP contribution >= 0.6 is 15.9 Å². The molecule has 128 valence electrons. The van der Waals surface area contributed by atoms with Gasteiger partial charge in [-0.1, -0.05) is 15.9 Å². The highest BCUT2D eigenvalue weighted by atomic mass is 79.9. The Morgan fingerprint density at radius 2 is 2.36 bits per heavy atom. The van der Waals surface area contributed by atoms with Crippen LogP contribution in [0.25, 0.3) is 22.1 Å². The molecule has 2 aromatic heterocycles. The SMILES string of the molecule is O=c1[nH]c(CN2CC3CCC34C(O)C24)nc2c1oc1ccc(Br)cc12. The van der Waals surface area contributed by atoms with Gasteiger partial charge in [0.05, 0.1) is 12.6 Å². The van der Waals surface area contributed by atoms with E-state index in [4.69, 9.17) is 4.42 Å². The maximum absolute atomic E-state index is 12.5. The van der Waals surface area contributed by atoms with E-state index in [0.717, 1.165) is 22.8 Å². The fourth-order valence-corrected chi connectivity index (χ4v) is 5.54. The van der Waals surface area contributed by atoms with Crippen LogP contribution in [0.15, 0.2) is 31.9 Å². The van der Waals surface area contributed by atoms with Crippen molar-refractivity contribution < 1.29 is 9.52 Å². The van der Waals surface area contributed by atoms with E-state index in [1.165, 1.54) is 6.42 Å². The maximum Gasteiger partial charge on any atom is 0.294 e. The zero-order chi connectivity index (χ0) is 16.9. The Hall–Kier alpha value is -1.70. The number of nitrogens with one attached hydrogen (secondary N) is 1. The van der Waals surface area contributed by atoms with Crippen LogP contribution in [0.3, 0.4) is 0 Å². The molecule has 0 radical (unpaired) electrons. The molecule has 3 fully saturated rings. The number of fused-ring (bicyclic) bond motifs is 3. The van der Waals surface area contributed by atoms with Gasteiger partial charge in [0.15, 0.2) is 0 Å². The lowest BCUT2D eigenvalue weighted by Gasteiger charge is -2.34. The van der Waals surface area contributed by atoms with E-state index in [9.17, 15) is 9.90 Å². The summed E-state index contributed by atoms with van der Waals surface area (Å²) in [6.45, 7) is 1.55. The van der Waals surface area contributed by atoms with Crippen LogP contribution in [0.1, 0.15) is 18.7 Å². The number of hydrogen-bond acceptors (Lipinski definition) is 5. The molecule has 1 saturated heterocycles. The molecular weight excluding hydrogens is 386 g/mol. The molecule has 0 bridgehead atoms. The summed E-state index contributed by atoms with van der Waals surface area (Å²) in [5, 5.41) is 11.1. The summed E-state index contributed by atoms with van der Waals surface area (Å²) in [6.07, 6.45) is 2.12. The minimum absolute atomic E-state index is 0.150. The van der Waals surface area contributed by atoms with Gasteiger partial charge in [0.1, 0.15) is 16.9 Å². The van der Waals surface area contributed by atoms with Crippen molar-refractivity contribution in [3.63, 3.8) is 0 Å². The smallest absolute Gasteiger partial charge is 0.294 e. The fourth-order valence-electron chi connectivity index (χ4n) is 5.18. The molecule has 2 N–H and O–H groups in total. The van der Waals surface area contributed by atoms with Crippen LogP contribution in [0.2, 0.25) is 0 Å². The zero-order valence-corrected chi connectivity index (χ0v) is 14.9. The summed E-state index contributed by atoms with van der Waals surface area (Å²) in [6, 6.07) is 5.88. The molecule has 1 aromatic carbocycles. The van der Waals surface area contributed by atoms with Gasteiger partial charge < -0.3 is 14.5 Å². The maximum atomic E-state index is 12.5. The topological polar surface area (TPSA) is 82.4 Å². The number of halogens is 1. The van der Waals surface area contributed by atoms with Crippen molar-refractivity contribution in [2.45, 2.75) is 31.5 Å². The average Bonchev–Trinajstić information content (AvgIpc) is 2.95. The van der Waals surface area contributed by atoms with Crippen LogP contribution in [0, 0.1) is 11.3 Å². The highest BCUT2D eigenvalue weighted by Crippen LogP contribution is 2.70. The van der Waals surface area contributed by atoms with Gasteiger partial charge in [-0.2, -0.15) is 0 Å². The standard InChI is InChI=1S/C18H16BrN3O3/c19-9-1-2-11-10(5-9)13-14(25-11)17(24)21-12(20-13)7-22-6-8-3-4-18(8)15(22)16(18)23/h1-2,5,8,15-16,23H,3-4,6-7H2,(H,20,21,24). The van der Waals surface area contributed by atoms with E-state index in [1.807, 2.05) is 18.2 Å². The van der Waals surface area contributed by atoms with Crippen molar-refractivity contribution in [3.05, 3.63) is 38.9 Å². The number of benzene rings is 1. The van der Waals surface area contributed by atoms with Gasteiger partial charge in [0.25, 0.3) is 5.56 Å². The lowest BCUT2D eigenvalue weighted by molar-refractivity contribution is 0.0747. The van der Waals surface area contributed by atoms with Crippen molar-refractivity contribution in [1.29, 1.82) is 0 Å². The number of aromatic amines is 1. The largest absolute Gasteiger partial charge is 0.449 e. The van der Waals surface area contributed by atoms with Gasteiger partial charge in [0, 0.05) is 27.9 Å². The lowest BCUT2D eigenvalue weighted by atomic mass is 9.71. The molecule has 2 aliphatic carbocycles. The number of likely N-dealkylation sites (tertiary alicyclic amines) is 1. The van der Waals surface area contributed by atoms with Crippen molar-refractivity contribution in [3.8, 4) is 0 Å². The minimum Gasteiger partial charge on any atom is -0.449 e. The first-order chi connectivity index (χ1) is 12.1. The van der Waals surface area contributed by atoms with E-state index in [0.29, 0.717) is 29.4 Å². The Kier molecular flexibility index (Phi) is 2.62. The molecule has 4 unspecified atom stereocenters. The predicted molar refractivity (Wildman–Crippen MR) is 95.2 cm³/mol. The summed E-state index contributed by atoms with van der Waals surface area (Å²) < 4.78 is 6.59. The first kappa shape index (κ1) is 14.5. The predicted octanol–water partition coefficient (Wildman–Crippen LogP) is 2.39. The Balaban J connectivity index is 1.43. The summed E-state index contributed by atoms with van der Waals surface area (Å²) in [5.74, 6) is 1.24. The number of hydrogen-bond donors (Lipinski definition) is 2. The molecule has 6 nitrogen and oxygen atoms in total. The van der Waals surface area contributed by atoms with Crippen molar-refractivity contribution in [1.82, 2.24) is 14.9 Å². The first-order valence-electron chi connectivity index (χ1n) is 8.61. The van der Waals surface area contributed by atoms with Crippen LogP contribution < -0.4 is 5.56 Å². The number of aromatic nitrogens is 2. The van der Waals surface area contributed by atoms with E-state index >= 15 is 0 Å². The Morgan fingerprint density at radius 1 is 1.48 bits per heavy atom. The van der Waals surface area contributed by atoms with Gasteiger partial charge in [0.2, 0.25) is 5.58 Å². The summed E-state index contributed by atoms with van der Waals surface area (Å²) in [7, 11) is 0. The second kappa shape index (κ2) is 4.52. The molecule has 3 aliphatic rings. The lowest BCUT2D eigenvalue weighted by Crippen LogP contribution is -2.34. The number of nitrogens with zero attached hydrogens (tertiary/aromatic N) is 2. The first-order valence-corrected chi connectivity index (χ1v) is 9.40. The van der Waals surface area contributed by atoms with Gasteiger partial charge in [-0.3, -0.25) is 9.69 Å². The normalized spacial score (nSPS) is 33.4. The van der Waals surface area contributed by atoms with E-state index in [2.05, 4.69) is 30.8 Å². The molecule has 6 rings (SSSR count). The van der Waals surface area contributed by atoms with Gasteiger partial charge in [-0.15, -0.1) is 0 Å². The van der Waals surface area contributed by atoms with Crippen molar-refractivity contribution in [2.24, 2.45) is 11.3 Å². The molecule has 25 heavy (non-hydrogen) atoms. The minimum atomic E-state index is -0.249. The van der Waals surface area contributed by atoms with Crippen LogP contribution in [0.4, 0.5) is 0 Å². The van der Waals surface area contributed by atoms with E-state index in [1.54, 1.807) is 0 Å². The number of H-pyrrole nitrogens is 1. The van der Waals surface area contributed by atoms with Crippen molar-refractivity contribution in [2.75, 3.05) is 6.54 Å². The third-order valence-corrected chi connectivity index (χ3v) is 7.01. The number of furan rings is 1. The summed E-state index contributed by atoms with van der Waals surface area (Å²) in [4.78, 5) is 22.3. The Labute approximate surface area is 151 Å². The number of piperidine rings is 1. The molecule has 4 atom stereocenters. The van der Waals surface area contributed by atoms with Crippen LogP contribution in [0.5, 0.6) is 0 Å². The summed E-state index contributed by atoms with van der Waals surface area (Å²) >= 11 is 3.46. The third kappa shape index (κ3) is 1.71. The monoisotopic (exact) mass is 401 g/mol.